The summed E-state index contributed by atoms with van der Waals surface area (Å²) in [6.07, 6.45) is 7.59. The van der Waals surface area contributed by atoms with Gasteiger partial charge in [0.25, 0.3) is 0 Å². The number of hydrogen-bond acceptors (Lipinski definition) is 4. The second-order valence-electron chi connectivity index (χ2n) is 9.03. The van der Waals surface area contributed by atoms with Crippen molar-refractivity contribution in [2.75, 3.05) is 34.5 Å². The standard InChI is InChI=1S/C5H10O2.C5H14Si.C5H12.2C4H10O.C4H10/c1-3-4-5(6)7-2;1-5-6(2,3)4;1-4-5(2)3;2*1-3-4-5-2;1-3-4-2/h3-4H2,1-2H3;5H2,1-4H3;5H,4H2,1-3H3;2*3-4H2,1-2H3;3-4H2,1-2H3. The molecule has 0 aliphatic carbocycles. The van der Waals surface area contributed by atoms with Gasteiger partial charge in [-0.15, -0.1) is 0 Å². The summed E-state index contributed by atoms with van der Waals surface area (Å²) in [4.78, 5) is 10.2. The minimum Gasteiger partial charge on any atom is -0.469 e. The van der Waals surface area contributed by atoms with Crippen molar-refractivity contribution < 1.29 is 19.0 Å². The third-order valence-electron chi connectivity index (χ3n) is 3.88. The second-order valence-corrected chi connectivity index (χ2v) is 14.9. The molecule has 5 heteroatoms. The highest BCUT2D eigenvalue weighted by Crippen LogP contribution is 2.04. The van der Waals surface area contributed by atoms with Gasteiger partial charge in [0.05, 0.1) is 7.11 Å². The maximum atomic E-state index is 10.2. The molecule has 0 N–H and O–H groups in total. The van der Waals surface area contributed by atoms with Gasteiger partial charge in [-0.1, -0.05) is 107 Å². The third kappa shape index (κ3) is 114. The van der Waals surface area contributed by atoms with Gasteiger partial charge in [0, 0.05) is 41.9 Å². The molecule has 0 unspecified atom stereocenters. The molecular formula is C27H66O4Si. The molecule has 0 aliphatic heterocycles. The summed E-state index contributed by atoms with van der Waals surface area (Å²) < 4.78 is 13.7. The molecule has 0 amide bonds. The van der Waals surface area contributed by atoms with Crippen molar-refractivity contribution in [3.05, 3.63) is 0 Å². The van der Waals surface area contributed by atoms with Gasteiger partial charge in [0.15, 0.2) is 0 Å². The molecule has 0 aromatic carbocycles. The van der Waals surface area contributed by atoms with Crippen LogP contribution >= 0.6 is 0 Å². The fraction of sp³-hybridized carbons (Fsp3) is 0.963. The predicted molar refractivity (Wildman–Crippen MR) is 151 cm³/mol. The summed E-state index contributed by atoms with van der Waals surface area (Å²) in [5, 5.41) is 0. The molecule has 0 atom stereocenters. The highest BCUT2D eigenvalue weighted by atomic mass is 28.3. The maximum Gasteiger partial charge on any atom is 0.305 e. The quantitative estimate of drug-likeness (QED) is 0.242. The van der Waals surface area contributed by atoms with E-state index in [9.17, 15) is 4.79 Å². The normalized spacial score (nSPS) is 9.12. The van der Waals surface area contributed by atoms with Crippen LogP contribution in [-0.4, -0.2) is 48.6 Å². The average molecular weight is 483 g/mol. The number of unbranched alkanes of at least 4 members (excludes halogenated alkanes) is 1. The summed E-state index contributed by atoms with van der Waals surface area (Å²) in [5.74, 6) is 0.762. The first kappa shape index (κ1) is 45.2. The number of methoxy groups -OCH3 is 3. The highest BCUT2D eigenvalue weighted by molar-refractivity contribution is 6.75. The number of hydrogen-bond donors (Lipinski definition) is 0. The van der Waals surface area contributed by atoms with E-state index < -0.39 is 8.07 Å². The monoisotopic (exact) mass is 482 g/mol. The first-order valence-corrected chi connectivity index (χ1v) is 16.6. The molecule has 0 bridgehead atoms. The Kier molecular flexibility index (Phi) is 62.5. The zero-order valence-electron chi connectivity index (χ0n) is 25.3. The van der Waals surface area contributed by atoms with E-state index >= 15 is 0 Å². The number of carbonyl (C=O) groups is 1. The van der Waals surface area contributed by atoms with Crippen molar-refractivity contribution in [3.8, 4) is 0 Å². The Balaban J connectivity index is -0.0000000640. The first-order valence-electron chi connectivity index (χ1n) is 12.9. The molecule has 32 heavy (non-hydrogen) atoms. The van der Waals surface area contributed by atoms with Crippen molar-refractivity contribution in [2.24, 2.45) is 5.92 Å². The van der Waals surface area contributed by atoms with Crippen LogP contribution in [0.15, 0.2) is 0 Å². The summed E-state index contributed by atoms with van der Waals surface area (Å²) in [5.41, 5.74) is 0. The zero-order valence-corrected chi connectivity index (χ0v) is 26.3. The maximum absolute atomic E-state index is 10.2. The average Bonchev–Trinajstić information content (AvgIpc) is 2.76. The van der Waals surface area contributed by atoms with Crippen molar-refractivity contribution in [3.63, 3.8) is 0 Å². The van der Waals surface area contributed by atoms with E-state index in [0.29, 0.717) is 6.42 Å². The van der Waals surface area contributed by atoms with Crippen molar-refractivity contribution >= 4 is 14.0 Å². The van der Waals surface area contributed by atoms with E-state index in [1.807, 2.05) is 6.92 Å². The van der Waals surface area contributed by atoms with Crippen LogP contribution in [0.25, 0.3) is 0 Å². The third-order valence-corrected chi connectivity index (χ3v) is 6.00. The number of rotatable bonds is 9. The lowest BCUT2D eigenvalue weighted by Crippen LogP contribution is -2.16. The van der Waals surface area contributed by atoms with Crippen LogP contribution in [0.2, 0.25) is 25.7 Å². The number of carbonyl (C=O) groups excluding carboxylic acids is 1. The predicted octanol–water partition coefficient (Wildman–Crippen LogP) is 9.25. The van der Waals surface area contributed by atoms with Crippen LogP contribution in [0.1, 0.15) is 107 Å². The van der Waals surface area contributed by atoms with Crippen LogP contribution in [0.4, 0.5) is 0 Å². The molecule has 0 aromatic heterocycles. The molecular weight excluding hydrogens is 416 g/mol. The minimum atomic E-state index is -0.631. The van der Waals surface area contributed by atoms with Crippen molar-refractivity contribution in [1.82, 2.24) is 0 Å². The van der Waals surface area contributed by atoms with Crippen LogP contribution in [-0.2, 0) is 19.0 Å². The summed E-state index contributed by atoms with van der Waals surface area (Å²) in [6.45, 7) is 28.3. The number of ether oxygens (including phenoxy) is 3. The van der Waals surface area contributed by atoms with Gasteiger partial charge in [-0.3, -0.25) is 4.79 Å². The van der Waals surface area contributed by atoms with E-state index in [2.05, 4.69) is 79.8 Å². The fourth-order valence-electron chi connectivity index (χ4n) is 0.714. The van der Waals surface area contributed by atoms with E-state index in [4.69, 9.17) is 9.47 Å². The highest BCUT2D eigenvalue weighted by Gasteiger charge is 2.06. The lowest BCUT2D eigenvalue weighted by molar-refractivity contribution is -0.140. The minimum absolute atomic E-state index is 0.123. The van der Waals surface area contributed by atoms with Crippen LogP contribution in [0.3, 0.4) is 0 Å². The van der Waals surface area contributed by atoms with E-state index in [1.165, 1.54) is 32.4 Å². The Morgan fingerprint density at radius 2 is 1.00 bits per heavy atom. The molecule has 0 saturated heterocycles. The molecule has 0 heterocycles. The SMILES string of the molecule is CCC(C)C.CCCC.CCCC(=O)OC.CCCOC.CCCOC.CC[Si](C)(C)C. The van der Waals surface area contributed by atoms with E-state index in [-0.39, 0.29) is 5.97 Å². The second kappa shape index (κ2) is 44.3. The summed E-state index contributed by atoms with van der Waals surface area (Å²) in [6, 6.07) is 1.41. The molecule has 0 aromatic rings. The lowest BCUT2D eigenvalue weighted by atomic mass is 10.2. The largest absolute Gasteiger partial charge is 0.469 e. The summed E-state index contributed by atoms with van der Waals surface area (Å²) >= 11 is 0. The Bertz CT molecular complexity index is 265. The van der Waals surface area contributed by atoms with Crippen LogP contribution in [0, 0.1) is 5.92 Å². The Morgan fingerprint density at radius 1 is 0.688 bits per heavy atom. The topological polar surface area (TPSA) is 44.8 Å². The fourth-order valence-corrected chi connectivity index (χ4v) is 0.714. The molecule has 0 fully saturated rings. The summed E-state index contributed by atoms with van der Waals surface area (Å²) in [7, 11) is 4.19. The van der Waals surface area contributed by atoms with E-state index in [0.717, 1.165) is 38.4 Å². The van der Waals surface area contributed by atoms with Gasteiger partial charge >= 0.3 is 5.97 Å². The zero-order chi connectivity index (χ0) is 26.8. The number of esters is 1. The van der Waals surface area contributed by atoms with Gasteiger partial charge < -0.3 is 14.2 Å². The van der Waals surface area contributed by atoms with E-state index in [1.54, 1.807) is 14.2 Å². The van der Waals surface area contributed by atoms with Gasteiger partial charge in [-0.2, -0.15) is 0 Å². The smallest absolute Gasteiger partial charge is 0.305 e. The molecule has 0 radical (unpaired) electrons. The molecule has 0 rings (SSSR count). The van der Waals surface area contributed by atoms with Crippen molar-refractivity contribution in [2.45, 2.75) is 133 Å². The Hall–Kier alpha value is -0.393. The molecule has 202 valence electrons. The van der Waals surface area contributed by atoms with Gasteiger partial charge in [0.1, 0.15) is 0 Å². The Morgan fingerprint density at radius 3 is 1.03 bits per heavy atom. The lowest BCUT2D eigenvalue weighted by Gasteiger charge is -2.09. The van der Waals surface area contributed by atoms with Crippen LogP contribution in [0.5, 0.6) is 0 Å². The first-order chi connectivity index (χ1) is 14.9. The van der Waals surface area contributed by atoms with Gasteiger partial charge in [-0.25, -0.2) is 0 Å². The van der Waals surface area contributed by atoms with Gasteiger partial charge in [0.2, 0.25) is 0 Å². The van der Waals surface area contributed by atoms with Gasteiger partial charge in [-0.05, 0) is 25.2 Å². The molecule has 0 spiro atoms. The van der Waals surface area contributed by atoms with Crippen LogP contribution < -0.4 is 0 Å². The Labute approximate surface area is 206 Å². The molecule has 0 aliphatic rings. The molecule has 4 nitrogen and oxygen atoms in total. The van der Waals surface area contributed by atoms with Crippen molar-refractivity contribution in [1.29, 1.82) is 0 Å². The molecule has 0 saturated carbocycles.